The van der Waals surface area contributed by atoms with Crippen molar-refractivity contribution in [3.63, 3.8) is 0 Å². The summed E-state index contributed by atoms with van der Waals surface area (Å²) in [6.07, 6.45) is 5.85. The molecule has 38 heavy (non-hydrogen) atoms. The Bertz CT molecular complexity index is 1710. The molecule has 1 atom stereocenters. The number of carbonyl (C=O) groups is 1. The third-order valence-corrected chi connectivity index (χ3v) is 7.89. The lowest BCUT2D eigenvalue weighted by Gasteiger charge is -2.35. The molecular formula is C28H25ClN8O. The molecule has 9 nitrogen and oxygen atoms in total. The molecule has 3 aromatic heterocycles. The molecule has 1 fully saturated rings. The van der Waals surface area contributed by atoms with Crippen LogP contribution >= 0.6 is 11.6 Å². The lowest BCUT2D eigenvalue weighted by Crippen LogP contribution is -2.53. The monoisotopic (exact) mass is 524 g/mol. The summed E-state index contributed by atoms with van der Waals surface area (Å²) in [5.74, 6) is 1.79. The van der Waals surface area contributed by atoms with Gasteiger partial charge in [0, 0.05) is 36.4 Å². The van der Waals surface area contributed by atoms with Gasteiger partial charge in [-0.05, 0) is 61.6 Å². The first-order valence-electron chi connectivity index (χ1n) is 12.8. The first-order valence-corrected chi connectivity index (χ1v) is 13.2. The second kappa shape index (κ2) is 8.43. The van der Waals surface area contributed by atoms with Crippen molar-refractivity contribution in [3.8, 4) is 17.5 Å². The summed E-state index contributed by atoms with van der Waals surface area (Å²) >= 11 is 6.36. The summed E-state index contributed by atoms with van der Waals surface area (Å²) in [5, 5.41) is 16.3. The minimum absolute atomic E-state index is 0.0297. The molecule has 0 radical (unpaired) electrons. The maximum Gasteiger partial charge on any atom is 0.331 e. The molecule has 1 aliphatic carbocycles. The Hall–Kier alpha value is -4.16. The van der Waals surface area contributed by atoms with Gasteiger partial charge in [0.2, 0.25) is 0 Å². The molecule has 10 heteroatoms. The van der Waals surface area contributed by atoms with Gasteiger partial charge in [0.15, 0.2) is 5.82 Å². The van der Waals surface area contributed by atoms with Gasteiger partial charge in [-0.25, -0.2) is 4.79 Å². The van der Waals surface area contributed by atoms with Gasteiger partial charge in [-0.1, -0.05) is 11.6 Å². The van der Waals surface area contributed by atoms with Crippen LogP contribution in [0.5, 0.6) is 0 Å². The number of rotatable bonds is 5. The van der Waals surface area contributed by atoms with Gasteiger partial charge in [-0.2, -0.15) is 10.4 Å². The predicted octanol–water partition coefficient (Wildman–Crippen LogP) is 4.81. The van der Waals surface area contributed by atoms with Crippen molar-refractivity contribution in [1.82, 2.24) is 24.2 Å². The fraction of sp³-hybridized carbons (Fsp3) is 0.321. The molecule has 1 saturated carbocycles. The Morgan fingerprint density at radius 2 is 2.05 bits per heavy atom. The number of aryl methyl sites for hydroxylation is 1. The first-order chi connectivity index (χ1) is 18.4. The number of aromatic nitrogens is 4. The number of hydrogen-bond donors (Lipinski definition) is 0. The zero-order valence-corrected chi connectivity index (χ0v) is 21.9. The number of amides is 2. The highest BCUT2D eigenvalue weighted by Gasteiger charge is 2.46. The van der Waals surface area contributed by atoms with Gasteiger partial charge in [0.1, 0.15) is 11.9 Å². The number of aliphatic imine (C=N–C) groups is 1. The van der Waals surface area contributed by atoms with E-state index in [1.54, 1.807) is 6.20 Å². The van der Waals surface area contributed by atoms with Gasteiger partial charge < -0.3 is 4.57 Å². The SMILES string of the molecule is C[C@H]1CN=C2c3c(nn(Cc4ccnc5ccc(Cl)cc45)c3-c3cc(C#N)cn3C)N(CC3CC3)C(=O)N21. The molecule has 0 unspecified atom stereocenters. The molecule has 0 N–H and O–H groups in total. The summed E-state index contributed by atoms with van der Waals surface area (Å²) in [6, 6.07) is 11.7. The number of pyridine rings is 1. The lowest BCUT2D eigenvalue weighted by molar-refractivity contribution is 0.220. The van der Waals surface area contributed by atoms with Gasteiger partial charge in [0.05, 0.1) is 47.2 Å². The van der Waals surface area contributed by atoms with Crippen molar-refractivity contribution in [1.29, 1.82) is 5.26 Å². The molecule has 2 aliphatic heterocycles. The molecule has 0 spiro atoms. The lowest BCUT2D eigenvalue weighted by atomic mass is 10.1. The number of nitriles is 1. The van der Waals surface area contributed by atoms with Crippen molar-refractivity contribution in [3.05, 3.63) is 64.4 Å². The van der Waals surface area contributed by atoms with E-state index < -0.39 is 0 Å². The number of urea groups is 1. The van der Waals surface area contributed by atoms with Crippen molar-refractivity contribution in [2.75, 3.05) is 18.0 Å². The Morgan fingerprint density at radius 1 is 1.21 bits per heavy atom. The Balaban J connectivity index is 1.47. The van der Waals surface area contributed by atoms with E-state index in [9.17, 15) is 10.1 Å². The van der Waals surface area contributed by atoms with E-state index in [1.807, 2.05) is 69.5 Å². The first kappa shape index (κ1) is 23.0. The number of nitrogens with zero attached hydrogens (tertiary/aromatic N) is 8. The van der Waals surface area contributed by atoms with E-state index in [2.05, 4.69) is 11.1 Å². The molecule has 0 saturated heterocycles. The summed E-state index contributed by atoms with van der Waals surface area (Å²) in [5.41, 5.74) is 4.94. The topological polar surface area (TPSA) is 95.3 Å². The molecule has 2 amide bonds. The van der Waals surface area contributed by atoms with Gasteiger partial charge in [-0.15, -0.1) is 0 Å². The standard InChI is InChI=1S/C28H25ClN8O/c1-16-12-32-26-24-25(23-9-18(11-30)13-34(23)2)36(15-19-7-8-31-22-6-5-20(29)10-21(19)22)33-27(24)35(14-17-3-4-17)28(38)37(16)26/h5-10,13,16-17H,3-4,12,14-15H2,1-2H3/t16-/m0/s1. The molecule has 1 aromatic carbocycles. The summed E-state index contributed by atoms with van der Waals surface area (Å²) in [7, 11) is 1.92. The molecule has 0 bridgehead atoms. The van der Waals surface area contributed by atoms with Crippen LogP contribution in [0.3, 0.4) is 0 Å². The number of fused-ring (bicyclic) bond motifs is 4. The minimum Gasteiger partial charge on any atom is -0.348 e. The summed E-state index contributed by atoms with van der Waals surface area (Å²) < 4.78 is 3.89. The second-order valence-electron chi connectivity index (χ2n) is 10.4. The minimum atomic E-state index is -0.0601. The van der Waals surface area contributed by atoms with Crippen LogP contribution in [-0.2, 0) is 13.6 Å². The van der Waals surface area contributed by atoms with E-state index in [4.69, 9.17) is 21.7 Å². The molecule has 4 aromatic rings. The number of anilines is 1. The fourth-order valence-corrected chi connectivity index (χ4v) is 5.73. The van der Waals surface area contributed by atoms with Crippen LogP contribution in [0, 0.1) is 17.2 Å². The van der Waals surface area contributed by atoms with E-state index >= 15 is 0 Å². The quantitative estimate of drug-likeness (QED) is 0.374. The normalized spacial score (nSPS) is 18.5. The molecule has 3 aliphatic rings. The van der Waals surface area contributed by atoms with Crippen LogP contribution in [0.1, 0.15) is 36.5 Å². The third kappa shape index (κ3) is 3.51. The van der Waals surface area contributed by atoms with Crippen LogP contribution in [-0.4, -0.2) is 55.2 Å². The Kier molecular flexibility index (Phi) is 5.10. The molecule has 7 rings (SSSR count). The number of carbonyl (C=O) groups excluding carboxylic acids is 1. The number of halogens is 1. The highest BCUT2D eigenvalue weighted by molar-refractivity contribution is 6.31. The van der Waals surface area contributed by atoms with E-state index in [1.165, 1.54) is 0 Å². The van der Waals surface area contributed by atoms with Gasteiger partial charge in [-0.3, -0.25) is 24.5 Å². The highest BCUT2D eigenvalue weighted by Crippen LogP contribution is 2.42. The number of benzene rings is 1. The third-order valence-electron chi connectivity index (χ3n) is 7.65. The molecular weight excluding hydrogens is 500 g/mol. The summed E-state index contributed by atoms with van der Waals surface area (Å²) in [4.78, 5) is 26.7. The fourth-order valence-electron chi connectivity index (χ4n) is 5.56. The maximum atomic E-state index is 13.7. The van der Waals surface area contributed by atoms with Gasteiger partial charge >= 0.3 is 6.03 Å². The van der Waals surface area contributed by atoms with Crippen molar-refractivity contribution in [2.24, 2.45) is 18.0 Å². The van der Waals surface area contributed by atoms with Crippen LogP contribution in [0.2, 0.25) is 5.02 Å². The van der Waals surface area contributed by atoms with Crippen LogP contribution in [0.15, 0.2) is 47.7 Å². The van der Waals surface area contributed by atoms with Crippen molar-refractivity contribution in [2.45, 2.75) is 32.4 Å². The average Bonchev–Trinajstić information content (AvgIpc) is 3.37. The van der Waals surface area contributed by atoms with Crippen LogP contribution < -0.4 is 4.90 Å². The maximum absolute atomic E-state index is 13.7. The molecule has 5 heterocycles. The van der Waals surface area contributed by atoms with E-state index in [0.29, 0.717) is 47.8 Å². The largest absolute Gasteiger partial charge is 0.348 e. The summed E-state index contributed by atoms with van der Waals surface area (Å²) in [6.45, 7) is 3.65. The smallest absolute Gasteiger partial charge is 0.331 e. The number of amidine groups is 1. The van der Waals surface area contributed by atoms with Crippen molar-refractivity contribution >= 4 is 40.2 Å². The zero-order chi connectivity index (χ0) is 26.1. The Morgan fingerprint density at radius 3 is 2.82 bits per heavy atom. The van der Waals surface area contributed by atoms with Crippen LogP contribution in [0.4, 0.5) is 10.6 Å². The average molecular weight is 525 g/mol. The number of hydrogen-bond acceptors (Lipinski definition) is 5. The highest BCUT2D eigenvalue weighted by atomic mass is 35.5. The molecule has 190 valence electrons. The van der Waals surface area contributed by atoms with Gasteiger partial charge in [0.25, 0.3) is 0 Å². The zero-order valence-electron chi connectivity index (χ0n) is 21.1. The predicted molar refractivity (Wildman–Crippen MR) is 145 cm³/mol. The van der Waals surface area contributed by atoms with Crippen molar-refractivity contribution < 1.29 is 4.79 Å². The van der Waals surface area contributed by atoms with E-state index in [-0.39, 0.29) is 12.1 Å². The van der Waals surface area contributed by atoms with Crippen LogP contribution in [0.25, 0.3) is 22.3 Å². The Labute approximate surface area is 224 Å². The second-order valence-corrected chi connectivity index (χ2v) is 10.8. The van der Waals surface area contributed by atoms with E-state index in [0.717, 1.165) is 46.3 Å².